The molecule has 494 valence electrons. The number of ether oxygens (including phenoxy) is 5. The molecule has 9 nitrogen and oxygen atoms in total. The summed E-state index contributed by atoms with van der Waals surface area (Å²) in [5.41, 5.74) is 11.9. The Bertz CT molecular complexity index is 4960. The van der Waals surface area contributed by atoms with Crippen LogP contribution in [0, 0.1) is 30.1 Å². The Hall–Kier alpha value is -8.95. The lowest BCUT2D eigenvalue weighted by molar-refractivity contribution is 0.0390. The molecule has 2 aliphatic rings. The molecule has 13 rings (SSSR count). The number of nitrogens with zero attached hydrogens (tertiary/aromatic N) is 2. The number of rotatable bonds is 17. The highest BCUT2D eigenvalue weighted by Crippen LogP contribution is 2.59. The van der Waals surface area contributed by atoms with Crippen LogP contribution in [0.5, 0.6) is 46.0 Å². The predicted molar refractivity (Wildman–Crippen MR) is 395 cm³/mol. The summed E-state index contributed by atoms with van der Waals surface area (Å²) < 4.78 is 38.0. The van der Waals surface area contributed by atoms with Gasteiger partial charge >= 0.3 is 11.9 Å². The van der Waals surface area contributed by atoms with Gasteiger partial charge in [0.1, 0.15) is 51.8 Å². The van der Waals surface area contributed by atoms with E-state index in [0.29, 0.717) is 84.9 Å². The number of esters is 2. The van der Waals surface area contributed by atoms with Gasteiger partial charge in [0.2, 0.25) is 0 Å². The van der Waals surface area contributed by atoms with Crippen LogP contribution in [0.2, 0.25) is 0 Å². The molecule has 0 spiro atoms. The molecule has 0 aliphatic carbocycles. The number of aromatic nitrogens is 2. The van der Waals surface area contributed by atoms with E-state index in [4.69, 9.17) is 28.7 Å². The summed E-state index contributed by atoms with van der Waals surface area (Å²) >= 11 is 0. The topological polar surface area (TPSA) is 98.1 Å². The van der Waals surface area contributed by atoms with Crippen molar-refractivity contribution in [3.05, 3.63) is 196 Å². The van der Waals surface area contributed by atoms with Gasteiger partial charge in [0.15, 0.2) is 0 Å². The quantitative estimate of drug-likeness (QED) is 0.0292. The molecule has 0 N–H and O–H groups in total. The highest BCUT2D eigenvalue weighted by Gasteiger charge is 2.39. The van der Waals surface area contributed by atoms with Crippen LogP contribution in [0.25, 0.3) is 65.5 Å². The van der Waals surface area contributed by atoms with Crippen LogP contribution in [-0.2, 0) is 32.9 Å². The van der Waals surface area contributed by atoms with Crippen LogP contribution < -0.4 is 18.9 Å². The van der Waals surface area contributed by atoms with Gasteiger partial charge in [0, 0.05) is 43.3 Å². The van der Waals surface area contributed by atoms with Gasteiger partial charge in [-0.25, -0.2) is 14.6 Å². The second-order valence-corrected chi connectivity index (χ2v) is 34.3. The van der Waals surface area contributed by atoms with Crippen molar-refractivity contribution in [1.82, 2.24) is 9.55 Å². The van der Waals surface area contributed by atoms with Crippen molar-refractivity contribution < 1.29 is 33.3 Å². The van der Waals surface area contributed by atoms with Crippen molar-refractivity contribution >= 4 is 66.1 Å². The number of fused-ring (bicyclic) bond motifs is 6. The Kier molecular flexibility index (Phi) is 15.6. The molecule has 3 heterocycles. The Labute approximate surface area is 567 Å². The summed E-state index contributed by atoms with van der Waals surface area (Å²) in [7, 11) is 0. The van der Waals surface area contributed by atoms with E-state index in [1.54, 1.807) is 12.1 Å². The molecule has 9 heteroatoms. The van der Waals surface area contributed by atoms with Gasteiger partial charge in [-0.3, -0.25) is 0 Å². The molecule has 0 bridgehead atoms. The second-order valence-electron chi connectivity index (χ2n) is 34.3. The number of hydrogen-bond acceptors (Lipinski definition) is 8. The maximum absolute atomic E-state index is 14.8. The van der Waals surface area contributed by atoms with Crippen LogP contribution >= 0.6 is 0 Å². The van der Waals surface area contributed by atoms with Crippen molar-refractivity contribution in [2.75, 3.05) is 0 Å². The lowest BCUT2D eigenvalue weighted by Gasteiger charge is -2.33. The van der Waals surface area contributed by atoms with Gasteiger partial charge in [0.25, 0.3) is 0 Å². The van der Waals surface area contributed by atoms with Gasteiger partial charge < -0.3 is 28.3 Å². The number of imidazole rings is 1. The van der Waals surface area contributed by atoms with E-state index in [0.717, 1.165) is 81.1 Å². The zero-order valence-electron chi connectivity index (χ0n) is 60.2. The number of aryl methyl sites for hydroxylation is 2. The fourth-order valence-electron chi connectivity index (χ4n) is 16.8. The zero-order valence-corrected chi connectivity index (χ0v) is 60.2. The van der Waals surface area contributed by atoms with Gasteiger partial charge in [-0.2, -0.15) is 0 Å². The number of allylic oxidation sites excluding steroid dienone is 1. The minimum atomic E-state index is -0.784. The number of cyclic esters (lactones) is 2. The SMILES string of the molecule is C=C(C)CC(C)(C)c1ccc(Oc2cc3c4c(cc(Oc5ccc(C(C)(C)CC(C)(C)C)cc5)c5c6c(Oc7ccc(C(C)(C)CC(C)(C)C)cc7)cc7c8c(cc(Oc9ccc(C(C)(C)CC(C)(C)C)cc9)c(c2c45)c86)C(=O)OC7=O)-c2nc4cc(C)c(C)cc4n2C3)cc1. The lowest BCUT2D eigenvalue weighted by Crippen LogP contribution is -2.24. The summed E-state index contributed by atoms with van der Waals surface area (Å²) in [5, 5.41) is 5.35. The fourth-order valence-corrected chi connectivity index (χ4v) is 16.8. The first kappa shape index (κ1) is 65.7. The van der Waals surface area contributed by atoms with Crippen molar-refractivity contribution in [3.63, 3.8) is 0 Å². The normalized spacial score (nSPS) is 13.9. The highest BCUT2D eigenvalue weighted by atomic mass is 16.6. The molecule has 10 aromatic carbocycles. The van der Waals surface area contributed by atoms with E-state index >= 15 is 0 Å². The van der Waals surface area contributed by atoms with Crippen LogP contribution in [-0.4, -0.2) is 21.5 Å². The molecule has 0 fully saturated rings. The first-order valence-electron chi connectivity index (χ1n) is 34.2. The molecular weight excluding hydrogens is 1180 g/mol. The lowest BCUT2D eigenvalue weighted by atomic mass is 9.72. The summed E-state index contributed by atoms with van der Waals surface area (Å²) in [6.07, 6.45) is 3.71. The minimum absolute atomic E-state index is 0.0826. The summed E-state index contributed by atoms with van der Waals surface area (Å²) in [6, 6.07) is 45.8. The third-order valence-corrected chi connectivity index (χ3v) is 19.9. The first-order valence-corrected chi connectivity index (χ1v) is 34.2. The van der Waals surface area contributed by atoms with Crippen LogP contribution in [0.4, 0.5) is 0 Å². The monoisotopic (exact) mass is 1280 g/mol. The molecule has 1 aromatic heterocycles. The molecule has 0 atom stereocenters. The van der Waals surface area contributed by atoms with Gasteiger partial charge in [0.05, 0.1) is 28.7 Å². The van der Waals surface area contributed by atoms with E-state index < -0.39 is 11.9 Å². The Morgan fingerprint density at radius 2 is 0.760 bits per heavy atom. The molecule has 0 unspecified atom stereocenters. The van der Waals surface area contributed by atoms with Crippen LogP contribution in [0.1, 0.15) is 210 Å². The molecule has 0 saturated carbocycles. The van der Waals surface area contributed by atoms with Gasteiger partial charge in [-0.15, -0.1) is 6.58 Å². The number of hydrogen-bond donors (Lipinski definition) is 0. The van der Waals surface area contributed by atoms with Gasteiger partial charge in [-0.1, -0.05) is 172 Å². The van der Waals surface area contributed by atoms with Gasteiger partial charge in [-0.05, 0) is 214 Å². The average molecular weight is 1280 g/mol. The van der Waals surface area contributed by atoms with Crippen molar-refractivity contribution in [3.8, 4) is 57.4 Å². The fraction of sp³-hybridized carbons (Fsp3) is 0.368. The van der Waals surface area contributed by atoms with E-state index in [1.807, 2.05) is 36.4 Å². The summed E-state index contributed by atoms with van der Waals surface area (Å²) in [6.45, 7) is 49.8. The number of carbonyl (C=O) groups excluding carboxylic acids is 2. The highest BCUT2D eigenvalue weighted by molar-refractivity contribution is 6.42. The Balaban J connectivity index is 1.17. The van der Waals surface area contributed by atoms with Crippen molar-refractivity contribution in [2.24, 2.45) is 16.2 Å². The van der Waals surface area contributed by atoms with E-state index in [1.165, 1.54) is 22.3 Å². The average Bonchev–Trinajstić information content (AvgIpc) is 0.766. The van der Waals surface area contributed by atoms with Crippen LogP contribution in [0.15, 0.2) is 146 Å². The molecule has 2 aliphatic heterocycles. The molecule has 0 amide bonds. The molecule has 96 heavy (non-hydrogen) atoms. The molecular formula is C87H94N2O7. The van der Waals surface area contributed by atoms with Crippen LogP contribution in [0.3, 0.4) is 0 Å². The third-order valence-electron chi connectivity index (χ3n) is 19.9. The molecule has 11 aromatic rings. The Morgan fingerprint density at radius 1 is 0.427 bits per heavy atom. The number of carbonyl (C=O) groups is 2. The van der Waals surface area contributed by atoms with E-state index in [-0.39, 0.29) is 49.0 Å². The maximum Gasteiger partial charge on any atom is 0.346 e. The maximum atomic E-state index is 14.8. The van der Waals surface area contributed by atoms with Crippen molar-refractivity contribution in [2.45, 2.75) is 192 Å². The molecule has 0 radical (unpaired) electrons. The van der Waals surface area contributed by atoms with E-state index in [9.17, 15) is 9.59 Å². The minimum Gasteiger partial charge on any atom is -0.457 e. The first-order chi connectivity index (χ1) is 44.8. The predicted octanol–water partition coefficient (Wildman–Crippen LogP) is 24.6. The Morgan fingerprint density at radius 3 is 1.12 bits per heavy atom. The molecule has 0 saturated heterocycles. The largest absolute Gasteiger partial charge is 0.457 e. The second kappa shape index (κ2) is 22.8. The smallest absolute Gasteiger partial charge is 0.346 e. The number of benzene rings is 10. The zero-order chi connectivity index (χ0) is 68.9. The summed E-state index contributed by atoms with van der Waals surface area (Å²) in [5.74, 6) is 3.35. The summed E-state index contributed by atoms with van der Waals surface area (Å²) in [4.78, 5) is 35.2. The van der Waals surface area contributed by atoms with Crippen molar-refractivity contribution in [1.29, 1.82) is 0 Å². The van der Waals surface area contributed by atoms with E-state index in [2.05, 4.69) is 235 Å². The third kappa shape index (κ3) is 12.2. The standard InChI is InChI=1S/C87H94N2O7/c1-49(2)44-84(14,15)53-22-30-57(31-23-53)92-66-40-52-45-89-65-39-51(4)50(3)38-64(65)88-78(89)61-41-67(93-58-32-24-54(25-33-58)85(16,17)46-81(5,6)7)73-75-69(95-60-36-28-56(29-37-60)87(20,21)48-83(11,12)13)43-63-71-62(79(90)96-80(63)91)42-68(74(77(71)75)72(66)76(73)70(52)61)94-59-34-26-55(27-35-59)86(18,19)47-82(8,9)10/h22-43H,1,44-48H2,2-21H3.